The first-order valence-electron chi connectivity index (χ1n) is 11.0. The second-order valence-electron chi connectivity index (χ2n) is 7.67. The molecule has 7 nitrogen and oxygen atoms in total. The van der Waals surface area contributed by atoms with Gasteiger partial charge in [-0.15, -0.1) is 0 Å². The van der Waals surface area contributed by atoms with Gasteiger partial charge in [0.15, 0.2) is 5.78 Å². The number of unbranched alkanes of at least 4 members (excludes halogenated alkanes) is 1. The fourth-order valence-corrected chi connectivity index (χ4v) is 3.69. The van der Waals surface area contributed by atoms with Crippen LogP contribution in [0.3, 0.4) is 0 Å². The Kier molecular flexibility index (Phi) is 8.11. The highest BCUT2D eigenvalue weighted by atomic mass is 35.5. The molecule has 3 aromatic rings. The zero-order valence-corrected chi connectivity index (χ0v) is 19.8. The maximum atomic E-state index is 13.3. The van der Waals surface area contributed by atoms with Crippen LogP contribution in [0.15, 0.2) is 53.3 Å². The molecule has 3 rings (SSSR count). The van der Waals surface area contributed by atoms with E-state index in [2.05, 4.69) is 5.10 Å². The summed E-state index contributed by atoms with van der Waals surface area (Å²) < 4.78 is 6.49. The summed E-state index contributed by atoms with van der Waals surface area (Å²) in [6.07, 6.45) is 2.09. The van der Waals surface area contributed by atoms with E-state index >= 15 is 0 Å². The molecule has 0 saturated heterocycles. The number of Topliss-reactive ketones (excluding diaryl/α,β-unsaturated/α-hetero) is 1. The van der Waals surface area contributed by atoms with Crippen LogP contribution in [-0.4, -0.2) is 46.6 Å². The molecule has 0 aliphatic heterocycles. The number of hydrogen-bond donors (Lipinski definition) is 1. The van der Waals surface area contributed by atoms with Gasteiger partial charge in [-0.3, -0.25) is 19.5 Å². The van der Waals surface area contributed by atoms with Crippen molar-refractivity contribution in [2.75, 3.05) is 20.2 Å². The van der Waals surface area contributed by atoms with Gasteiger partial charge in [-0.2, -0.15) is 0 Å². The van der Waals surface area contributed by atoms with E-state index in [1.165, 1.54) is 9.58 Å². The normalized spacial score (nSPS) is 10.8. The largest absolute Gasteiger partial charge is 0.497 e. The van der Waals surface area contributed by atoms with E-state index in [-0.39, 0.29) is 18.0 Å². The number of rotatable bonds is 10. The fraction of sp³-hybridized carbons (Fsp3) is 0.320. The van der Waals surface area contributed by atoms with E-state index in [1.807, 2.05) is 13.8 Å². The molecular formula is C25H28ClN3O4. The van der Waals surface area contributed by atoms with Gasteiger partial charge in [0.05, 0.1) is 19.3 Å². The predicted octanol–water partition coefficient (Wildman–Crippen LogP) is 4.52. The topological polar surface area (TPSA) is 84.4 Å². The minimum Gasteiger partial charge on any atom is -0.497 e. The first-order valence-corrected chi connectivity index (χ1v) is 11.3. The average molecular weight is 470 g/mol. The van der Waals surface area contributed by atoms with Crippen molar-refractivity contribution in [1.29, 1.82) is 0 Å². The molecular weight excluding hydrogens is 442 g/mol. The van der Waals surface area contributed by atoms with Gasteiger partial charge >= 0.3 is 0 Å². The molecule has 1 N–H and O–H groups in total. The smallest absolute Gasteiger partial charge is 0.282 e. The summed E-state index contributed by atoms with van der Waals surface area (Å²) in [5, 5.41) is 3.58. The number of aromatic nitrogens is 2. The van der Waals surface area contributed by atoms with Crippen molar-refractivity contribution < 1.29 is 14.3 Å². The summed E-state index contributed by atoms with van der Waals surface area (Å²) in [6, 6.07) is 13.5. The fourth-order valence-electron chi connectivity index (χ4n) is 3.57. The zero-order valence-electron chi connectivity index (χ0n) is 19.1. The van der Waals surface area contributed by atoms with Crippen LogP contribution >= 0.6 is 11.6 Å². The Balaban J connectivity index is 1.90. The molecule has 1 heterocycles. The van der Waals surface area contributed by atoms with E-state index < -0.39 is 11.3 Å². The number of carbonyl (C=O) groups is 2. The first-order chi connectivity index (χ1) is 15.9. The summed E-state index contributed by atoms with van der Waals surface area (Å²) >= 11 is 5.95. The number of aryl methyl sites for hydroxylation is 1. The monoisotopic (exact) mass is 469 g/mol. The Bertz CT molecular complexity index is 1160. The number of benzene rings is 2. The summed E-state index contributed by atoms with van der Waals surface area (Å²) in [7, 11) is 1.56. The van der Waals surface area contributed by atoms with Crippen molar-refractivity contribution in [2.24, 2.45) is 0 Å². The Labute approximate surface area is 197 Å². The summed E-state index contributed by atoms with van der Waals surface area (Å²) in [5.74, 6) is -0.00441. The molecule has 0 unspecified atom stereocenters. The third-order valence-corrected chi connectivity index (χ3v) is 5.67. The molecule has 174 valence electrons. The maximum Gasteiger partial charge on any atom is 0.282 e. The van der Waals surface area contributed by atoms with Gasteiger partial charge in [0.25, 0.3) is 11.5 Å². The van der Waals surface area contributed by atoms with Gasteiger partial charge in [0.1, 0.15) is 11.3 Å². The van der Waals surface area contributed by atoms with Crippen molar-refractivity contribution in [3.63, 3.8) is 0 Å². The second kappa shape index (κ2) is 11.0. The molecule has 1 aromatic heterocycles. The lowest BCUT2D eigenvalue weighted by Gasteiger charge is -2.22. The number of ether oxygens (including phenoxy) is 1. The van der Waals surface area contributed by atoms with Crippen LogP contribution in [-0.2, 0) is 6.42 Å². The van der Waals surface area contributed by atoms with Crippen molar-refractivity contribution in [1.82, 2.24) is 14.7 Å². The van der Waals surface area contributed by atoms with Crippen LogP contribution in [0.2, 0.25) is 5.02 Å². The van der Waals surface area contributed by atoms with E-state index in [9.17, 15) is 14.4 Å². The molecule has 0 aliphatic rings. The number of nitrogens with one attached hydrogen (secondary N) is 1. The number of methoxy groups -OCH3 is 1. The lowest BCUT2D eigenvalue weighted by atomic mass is 10.1. The minimum atomic E-state index is -0.438. The Morgan fingerprint density at radius 1 is 1.06 bits per heavy atom. The number of halogens is 1. The SMILES string of the molecule is CCCCN(CC(=O)c1c(CC)[nH]n(-c2ccc(Cl)cc2)c1=O)C(=O)c1ccc(OC)cc1. The predicted molar refractivity (Wildman–Crippen MR) is 129 cm³/mol. The van der Waals surface area contributed by atoms with Gasteiger partial charge in [-0.1, -0.05) is 31.9 Å². The third kappa shape index (κ3) is 5.54. The summed E-state index contributed by atoms with van der Waals surface area (Å²) in [4.78, 5) is 41.1. The summed E-state index contributed by atoms with van der Waals surface area (Å²) in [6.45, 7) is 4.13. The van der Waals surface area contributed by atoms with Crippen molar-refractivity contribution in [3.05, 3.63) is 80.7 Å². The molecule has 0 atom stereocenters. The van der Waals surface area contributed by atoms with Crippen molar-refractivity contribution in [2.45, 2.75) is 33.1 Å². The Hall–Kier alpha value is -3.32. The standard InChI is InChI=1S/C25H28ClN3O4/c1-4-6-15-28(24(31)17-7-13-20(33-3)14-8-17)16-22(30)23-21(5-2)27-29(25(23)32)19-11-9-18(26)10-12-19/h7-14,27H,4-6,15-16H2,1-3H3. The molecule has 0 saturated carbocycles. The quantitative estimate of drug-likeness (QED) is 0.442. The van der Waals surface area contributed by atoms with E-state index in [4.69, 9.17) is 16.3 Å². The molecule has 33 heavy (non-hydrogen) atoms. The number of aromatic amines is 1. The van der Waals surface area contributed by atoms with Crippen molar-refractivity contribution in [3.8, 4) is 11.4 Å². The number of H-pyrrole nitrogens is 1. The average Bonchev–Trinajstić information content (AvgIpc) is 3.18. The number of carbonyl (C=O) groups excluding carboxylic acids is 2. The van der Waals surface area contributed by atoms with Crippen LogP contribution < -0.4 is 10.3 Å². The van der Waals surface area contributed by atoms with Crippen LogP contribution in [0.25, 0.3) is 5.69 Å². The van der Waals surface area contributed by atoms with E-state index in [0.717, 1.165) is 12.8 Å². The number of hydrogen-bond acceptors (Lipinski definition) is 4. The Morgan fingerprint density at radius 3 is 2.30 bits per heavy atom. The van der Waals surface area contributed by atoms with E-state index in [1.54, 1.807) is 55.6 Å². The molecule has 0 aliphatic carbocycles. The van der Waals surface area contributed by atoms with Gasteiger partial charge in [0, 0.05) is 22.8 Å². The first kappa shape index (κ1) is 24.3. The molecule has 0 radical (unpaired) electrons. The Morgan fingerprint density at radius 2 is 1.73 bits per heavy atom. The van der Waals surface area contributed by atoms with E-state index in [0.29, 0.717) is 40.7 Å². The third-order valence-electron chi connectivity index (χ3n) is 5.42. The van der Waals surface area contributed by atoms with Crippen LogP contribution in [0, 0.1) is 0 Å². The lowest BCUT2D eigenvalue weighted by molar-refractivity contribution is 0.0706. The maximum absolute atomic E-state index is 13.3. The van der Waals surface area contributed by atoms with Crippen LogP contribution in [0.1, 0.15) is 53.1 Å². The molecule has 0 spiro atoms. The molecule has 0 bridgehead atoms. The van der Waals surface area contributed by atoms with Gasteiger partial charge in [0.2, 0.25) is 0 Å². The molecule has 0 fully saturated rings. The molecule has 1 amide bonds. The lowest BCUT2D eigenvalue weighted by Crippen LogP contribution is -2.38. The summed E-state index contributed by atoms with van der Waals surface area (Å²) in [5.41, 5.74) is 1.22. The van der Waals surface area contributed by atoms with Crippen LogP contribution in [0.5, 0.6) is 5.75 Å². The van der Waals surface area contributed by atoms with Crippen LogP contribution in [0.4, 0.5) is 0 Å². The molecule has 2 aromatic carbocycles. The number of amides is 1. The number of ketones is 1. The highest BCUT2D eigenvalue weighted by Crippen LogP contribution is 2.16. The molecule has 8 heteroatoms. The van der Waals surface area contributed by atoms with Gasteiger partial charge < -0.3 is 9.64 Å². The van der Waals surface area contributed by atoms with Gasteiger partial charge in [-0.05, 0) is 61.4 Å². The highest BCUT2D eigenvalue weighted by molar-refractivity contribution is 6.30. The second-order valence-corrected chi connectivity index (χ2v) is 8.10. The van der Waals surface area contributed by atoms with Crippen molar-refractivity contribution >= 4 is 23.3 Å². The van der Waals surface area contributed by atoms with Gasteiger partial charge in [-0.25, -0.2) is 4.68 Å². The number of nitrogens with zero attached hydrogens (tertiary/aromatic N) is 2. The minimum absolute atomic E-state index is 0.0801. The highest BCUT2D eigenvalue weighted by Gasteiger charge is 2.25. The zero-order chi connectivity index (χ0) is 24.0.